The molecule has 0 bridgehead atoms. The SMILES string of the molecule is CNc1cc(Cn2c(C(=O)c3cc(C)cc(/C=C/C#N)c3)c(C(C)C)c(=O)[nH]c2=O)cc(F)n1. The van der Waals surface area contributed by atoms with E-state index in [4.69, 9.17) is 5.26 Å². The largest absolute Gasteiger partial charge is 0.373 e. The molecule has 2 N–H and O–H groups in total. The number of carbonyl (C=O) groups is 1. The number of benzene rings is 1. The number of aromatic nitrogens is 3. The molecule has 174 valence electrons. The Kier molecular flexibility index (Phi) is 7.21. The highest BCUT2D eigenvalue weighted by Gasteiger charge is 2.25. The number of halogens is 1. The second kappa shape index (κ2) is 10.1. The summed E-state index contributed by atoms with van der Waals surface area (Å²) in [5.74, 6) is -1.38. The molecule has 34 heavy (non-hydrogen) atoms. The van der Waals surface area contributed by atoms with Crippen molar-refractivity contribution in [2.24, 2.45) is 0 Å². The van der Waals surface area contributed by atoms with Gasteiger partial charge in [-0.1, -0.05) is 19.9 Å². The maximum atomic E-state index is 14.0. The third kappa shape index (κ3) is 5.18. The van der Waals surface area contributed by atoms with Crippen molar-refractivity contribution < 1.29 is 9.18 Å². The summed E-state index contributed by atoms with van der Waals surface area (Å²) in [6.07, 6.45) is 2.86. The molecule has 0 saturated carbocycles. The van der Waals surface area contributed by atoms with Gasteiger partial charge in [-0.2, -0.15) is 9.65 Å². The average Bonchev–Trinajstić information content (AvgIpc) is 2.77. The first kappa shape index (κ1) is 24.3. The highest BCUT2D eigenvalue weighted by molar-refractivity contribution is 6.09. The van der Waals surface area contributed by atoms with Gasteiger partial charge in [-0.3, -0.25) is 19.1 Å². The van der Waals surface area contributed by atoms with Crippen molar-refractivity contribution in [3.05, 3.63) is 96.7 Å². The van der Waals surface area contributed by atoms with Crippen LogP contribution in [0.5, 0.6) is 0 Å². The number of rotatable bonds is 7. The lowest BCUT2D eigenvalue weighted by atomic mass is 9.95. The number of hydrogen-bond acceptors (Lipinski definition) is 6. The summed E-state index contributed by atoms with van der Waals surface area (Å²) < 4.78 is 15.2. The summed E-state index contributed by atoms with van der Waals surface area (Å²) in [5, 5.41) is 11.6. The Balaban J connectivity index is 2.27. The summed E-state index contributed by atoms with van der Waals surface area (Å²) >= 11 is 0. The van der Waals surface area contributed by atoms with Crippen LogP contribution in [0.4, 0.5) is 10.2 Å². The minimum Gasteiger partial charge on any atom is -0.373 e. The second-order valence-electron chi connectivity index (χ2n) is 8.12. The Morgan fingerprint density at radius 3 is 2.65 bits per heavy atom. The molecule has 3 aromatic rings. The van der Waals surface area contributed by atoms with Gasteiger partial charge in [0.05, 0.1) is 12.6 Å². The van der Waals surface area contributed by atoms with E-state index >= 15 is 0 Å². The number of anilines is 1. The highest BCUT2D eigenvalue weighted by atomic mass is 19.1. The molecule has 9 heteroatoms. The van der Waals surface area contributed by atoms with Gasteiger partial charge in [0.25, 0.3) is 5.56 Å². The summed E-state index contributed by atoms with van der Waals surface area (Å²) in [4.78, 5) is 45.3. The molecule has 3 rings (SSSR count). The van der Waals surface area contributed by atoms with Crippen molar-refractivity contribution in [2.45, 2.75) is 33.2 Å². The predicted molar refractivity (Wildman–Crippen MR) is 128 cm³/mol. The van der Waals surface area contributed by atoms with Crippen LogP contribution < -0.4 is 16.6 Å². The molecule has 0 atom stereocenters. The summed E-state index contributed by atoms with van der Waals surface area (Å²) in [5.41, 5.74) is 0.711. The second-order valence-corrected chi connectivity index (χ2v) is 8.12. The van der Waals surface area contributed by atoms with Crippen molar-refractivity contribution in [3.63, 3.8) is 0 Å². The fourth-order valence-corrected chi connectivity index (χ4v) is 3.78. The molecule has 0 fully saturated rings. The Labute approximate surface area is 195 Å². The van der Waals surface area contributed by atoms with Gasteiger partial charge in [-0.15, -0.1) is 0 Å². The first-order valence-electron chi connectivity index (χ1n) is 10.6. The molecular weight excluding hydrogens is 437 g/mol. The molecule has 2 aromatic heterocycles. The van der Waals surface area contributed by atoms with Crippen LogP contribution in [0.25, 0.3) is 6.08 Å². The highest BCUT2D eigenvalue weighted by Crippen LogP contribution is 2.21. The molecule has 8 nitrogen and oxygen atoms in total. The van der Waals surface area contributed by atoms with Crippen LogP contribution in [0.2, 0.25) is 0 Å². The monoisotopic (exact) mass is 461 g/mol. The van der Waals surface area contributed by atoms with Gasteiger partial charge in [-0.05, 0) is 59.9 Å². The first-order valence-corrected chi connectivity index (χ1v) is 10.6. The third-order valence-electron chi connectivity index (χ3n) is 5.19. The lowest BCUT2D eigenvalue weighted by Crippen LogP contribution is -2.38. The van der Waals surface area contributed by atoms with E-state index in [9.17, 15) is 18.8 Å². The Hall–Kier alpha value is -4.32. The number of pyridine rings is 1. The van der Waals surface area contributed by atoms with Crippen LogP contribution in [0.1, 0.15) is 58.1 Å². The van der Waals surface area contributed by atoms with Gasteiger partial charge in [0, 0.05) is 24.3 Å². The zero-order chi connectivity index (χ0) is 25.0. The molecule has 0 amide bonds. The third-order valence-corrected chi connectivity index (χ3v) is 5.19. The van der Waals surface area contributed by atoms with Gasteiger partial charge in [0.15, 0.2) is 0 Å². The van der Waals surface area contributed by atoms with Crippen LogP contribution in [0, 0.1) is 24.2 Å². The van der Waals surface area contributed by atoms with Gasteiger partial charge in [-0.25, -0.2) is 9.78 Å². The summed E-state index contributed by atoms with van der Waals surface area (Å²) in [6, 6.07) is 9.68. The number of carbonyl (C=O) groups excluding carboxylic acids is 1. The Bertz CT molecular complexity index is 1440. The van der Waals surface area contributed by atoms with Gasteiger partial charge in [0.2, 0.25) is 11.7 Å². The lowest BCUT2D eigenvalue weighted by molar-refractivity contribution is 0.102. The predicted octanol–water partition coefficient (Wildman–Crippen LogP) is 3.36. The topological polar surface area (TPSA) is 121 Å². The fraction of sp³-hybridized carbons (Fsp3) is 0.240. The van der Waals surface area contributed by atoms with E-state index in [0.717, 1.165) is 10.1 Å². The molecule has 0 aliphatic rings. The van der Waals surface area contributed by atoms with Crippen molar-refractivity contribution in [3.8, 4) is 6.07 Å². The Morgan fingerprint density at radius 2 is 2.00 bits per heavy atom. The van der Waals surface area contributed by atoms with E-state index in [-0.39, 0.29) is 35.1 Å². The number of nitriles is 1. The first-order chi connectivity index (χ1) is 16.1. The van der Waals surface area contributed by atoms with Gasteiger partial charge in [0.1, 0.15) is 11.5 Å². The van der Waals surface area contributed by atoms with Crippen LogP contribution in [0.3, 0.4) is 0 Å². The van der Waals surface area contributed by atoms with E-state index < -0.39 is 23.0 Å². The number of ketones is 1. The van der Waals surface area contributed by atoms with Crippen LogP contribution in [0.15, 0.2) is 46.0 Å². The van der Waals surface area contributed by atoms with Crippen molar-refractivity contribution in [1.82, 2.24) is 14.5 Å². The number of nitrogens with one attached hydrogen (secondary N) is 2. The van der Waals surface area contributed by atoms with E-state index in [1.807, 2.05) is 6.07 Å². The molecular formula is C25H24FN5O3. The standard InChI is InChI=1S/C25H24FN5O3/c1-14(2)21-22(23(32)18-9-15(3)8-16(10-18)6-5-7-27)31(25(34)30-24(21)33)13-17-11-19(26)29-20(12-17)28-4/h5-6,8-12,14H,13H2,1-4H3,(H,28,29)(H,30,33,34)/b6-5+. The molecule has 0 radical (unpaired) electrons. The zero-order valence-corrected chi connectivity index (χ0v) is 19.3. The summed E-state index contributed by atoms with van der Waals surface area (Å²) in [7, 11) is 1.58. The van der Waals surface area contributed by atoms with Gasteiger partial charge >= 0.3 is 5.69 Å². The molecule has 0 aliphatic carbocycles. The quantitative estimate of drug-likeness (QED) is 0.316. The maximum absolute atomic E-state index is 14.0. The minimum absolute atomic E-state index is 0.0622. The zero-order valence-electron chi connectivity index (χ0n) is 19.3. The summed E-state index contributed by atoms with van der Waals surface area (Å²) in [6.45, 7) is 5.14. The number of aryl methyl sites for hydroxylation is 1. The minimum atomic E-state index is -0.779. The molecule has 0 spiro atoms. The van der Waals surface area contributed by atoms with E-state index in [1.54, 1.807) is 58.2 Å². The maximum Gasteiger partial charge on any atom is 0.329 e. The van der Waals surface area contributed by atoms with Crippen LogP contribution in [-0.2, 0) is 6.54 Å². The molecule has 0 unspecified atom stereocenters. The van der Waals surface area contributed by atoms with Gasteiger partial charge < -0.3 is 5.32 Å². The smallest absolute Gasteiger partial charge is 0.329 e. The van der Waals surface area contributed by atoms with Crippen molar-refractivity contribution >= 4 is 17.7 Å². The number of aromatic amines is 1. The van der Waals surface area contributed by atoms with Crippen molar-refractivity contribution in [2.75, 3.05) is 12.4 Å². The fourth-order valence-electron chi connectivity index (χ4n) is 3.78. The number of hydrogen-bond donors (Lipinski definition) is 2. The number of H-pyrrole nitrogens is 1. The Morgan fingerprint density at radius 1 is 1.26 bits per heavy atom. The number of allylic oxidation sites excluding steroid dienone is 1. The number of nitrogens with zero attached hydrogens (tertiary/aromatic N) is 3. The molecule has 0 saturated heterocycles. The molecule has 1 aromatic carbocycles. The van der Waals surface area contributed by atoms with E-state index in [1.165, 1.54) is 12.1 Å². The average molecular weight is 461 g/mol. The molecule has 0 aliphatic heterocycles. The lowest BCUT2D eigenvalue weighted by Gasteiger charge is -2.18. The van der Waals surface area contributed by atoms with Crippen molar-refractivity contribution in [1.29, 1.82) is 5.26 Å². The molecule has 2 heterocycles. The van der Waals surface area contributed by atoms with E-state index in [2.05, 4.69) is 15.3 Å². The normalized spacial score (nSPS) is 11.1. The van der Waals surface area contributed by atoms with Crippen LogP contribution in [-0.4, -0.2) is 27.4 Å². The van der Waals surface area contributed by atoms with Crippen LogP contribution >= 0.6 is 0 Å². The van der Waals surface area contributed by atoms with E-state index in [0.29, 0.717) is 11.1 Å².